The fraction of sp³-hybridized carbons (Fsp3) is 0.500. The predicted octanol–water partition coefficient (Wildman–Crippen LogP) is -2.43. The Morgan fingerprint density at radius 1 is 1.62 bits per heavy atom. The highest BCUT2D eigenvalue weighted by Crippen LogP contribution is 1.80. The van der Waals surface area contributed by atoms with Crippen LogP contribution in [0.25, 0.3) is 0 Å². The molecule has 0 atom stereocenters. The SMILES string of the molecule is CC(=O)OO[Cl+2]([O-])[O-]. The van der Waals surface area contributed by atoms with Crippen LogP contribution < -0.4 is 9.32 Å². The average Bonchev–Trinajstić information content (AvgIpc) is 1.61. The van der Waals surface area contributed by atoms with Crippen LogP contribution in [0.5, 0.6) is 0 Å². The van der Waals surface area contributed by atoms with E-state index in [1.807, 2.05) is 0 Å². The van der Waals surface area contributed by atoms with E-state index in [4.69, 9.17) is 0 Å². The molecule has 0 aromatic rings. The lowest BCUT2D eigenvalue weighted by molar-refractivity contribution is -1.64. The van der Waals surface area contributed by atoms with Gasteiger partial charge in [-0.05, 0) is 0 Å². The van der Waals surface area contributed by atoms with Gasteiger partial charge in [0, 0.05) is 6.92 Å². The molecule has 0 aliphatic carbocycles. The summed E-state index contributed by atoms with van der Waals surface area (Å²) in [6.07, 6.45) is 0. The highest BCUT2D eigenvalue weighted by Gasteiger charge is 2.10. The van der Waals surface area contributed by atoms with Crippen molar-refractivity contribution in [3.05, 3.63) is 0 Å². The lowest BCUT2D eigenvalue weighted by Gasteiger charge is -1.87. The third kappa shape index (κ3) is 5.64. The van der Waals surface area contributed by atoms with Gasteiger partial charge in [0.05, 0.1) is 0 Å². The Bertz CT molecular complexity index is 80.5. The summed E-state index contributed by atoms with van der Waals surface area (Å²) in [7, 11) is -2.48. The van der Waals surface area contributed by atoms with E-state index in [0.717, 1.165) is 6.92 Å². The maximum Gasteiger partial charge on any atom is 0.349 e. The van der Waals surface area contributed by atoms with E-state index >= 15 is 0 Å². The third-order valence-electron chi connectivity index (χ3n) is 0.200. The Morgan fingerprint density at radius 3 is 2.25 bits per heavy atom. The smallest absolute Gasteiger partial charge is 0.317 e. The van der Waals surface area contributed by atoms with Gasteiger partial charge in [0.25, 0.3) is 4.44 Å². The molecule has 6 heteroatoms. The second kappa shape index (κ2) is 3.62. The molecule has 0 unspecified atom stereocenters. The topological polar surface area (TPSA) is 81.7 Å². The molecule has 0 saturated heterocycles. The molecule has 5 nitrogen and oxygen atoms in total. The Morgan fingerprint density at radius 2 is 2.12 bits per heavy atom. The number of carbonyl (C=O) groups is 1. The van der Waals surface area contributed by atoms with Gasteiger partial charge in [-0.15, -0.1) is 0 Å². The molecule has 0 spiro atoms. The van der Waals surface area contributed by atoms with Gasteiger partial charge in [-0.3, -0.25) is 0 Å². The first-order valence-corrected chi connectivity index (χ1v) is 2.46. The van der Waals surface area contributed by atoms with E-state index < -0.39 is 16.8 Å². The molecule has 48 valence electrons. The zero-order chi connectivity index (χ0) is 6.57. The van der Waals surface area contributed by atoms with Crippen molar-refractivity contribution in [1.29, 1.82) is 0 Å². The number of rotatable bonds is 2. The highest BCUT2D eigenvalue weighted by molar-refractivity contribution is 5.65. The van der Waals surface area contributed by atoms with E-state index in [0.29, 0.717) is 0 Å². The van der Waals surface area contributed by atoms with Crippen LogP contribution in [0.2, 0.25) is 0 Å². The van der Waals surface area contributed by atoms with Gasteiger partial charge in [-0.1, -0.05) is 0 Å². The molecular weight excluding hydrogens is 139 g/mol. The van der Waals surface area contributed by atoms with Crippen molar-refractivity contribution in [1.82, 2.24) is 0 Å². The van der Waals surface area contributed by atoms with Crippen LogP contribution in [0.15, 0.2) is 0 Å². The zero-order valence-corrected chi connectivity index (χ0v) is 4.68. The van der Waals surface area contributed by atoms with Gasteiger partial charge in [0.2, 0.25) is 0 Å². The van der Waals surface area contributed by atoms with Gasteiger partial charge < -0.3 is 9.32 Å². The minimum Gasteiger partial charge on any atom is -0.317 e. The number of hydrogen-bond acceptors (Lipinski definition) is 5. The summed E-state index contributed by atoms with van der Waals surface area (Å²) in [5.74, 6) is -0.820. The summed E-state index contributed by atoms with van der Waals surface area (Å²) in [6, 6.07) is 0. The first-order chi connectivity index (χ1) is 3.63. The van der Waals surface area contributed by atoms with E-state index in [1.165, 1.54) is 0 Å². The summed E-state index contributed by atoms with van der Waals surface area (Å²) < 4.78 is 22.1. The molecule has 0 amide bonds. The molecular formula is C2H3ClO5. The molecule has 0 heterocycles. The summed E-state index contributed by atoms with van der Waals surface area (Å²) in [5, 5.41) is 0. The summed E-state index contributed by atoms with van der Waals surface area (Å²) >= 11 is 0. The summed E-state index contributed by atoms with van der Waals surface area (Å²) in [4.78, 5) is 13.3. The molecule has 0 N–H and O–H groups in total. The van der Waals surface area contributed by atoms with Gasteiger partial charge in [-0.25, -0.2) is 9.68 Å². The maximum absolute atomic E-state index is 9.72. The van der Waals surface area contributed by atoms with Crippen molar-refractivity contribution in [2.45, 2.75) is 6.92 Å². The van der Waals surface area contributed by atoms with E-state index in [1.54, 1.807) is 0 Å². The Kier molecular flexibility index (Phi) is 3.46. The van der Waals surface area contributed by atoms with Gasteiger partial charge in [-0.2, -0.15) is 0 Å². The maximum atomic E-state index is 9.72. The van der Waals surface area contributed by atoms with Crippen molar-refractivity contribution in [2.24, 2.45) is 0 Å². The molecule has 0 bridgehead atoms. The normalized spacial score (nSPS) is 9.50. The van der Waals surface area contributed by atoms with Crippen molar-refractivity contribution < 1.29 is 34.2 Å². The monoisotopic (exact) mass is 142 g/mol. The van der Waals surface area contributed by atoms with E-state index in [2.05, 4.69) is 9.33 Å². The van der Waals surface area contributed by atoms with Crippen molar-refractivity contribution in [3.8, 4) is 0 Å². The zero-order valence-electron chi connectivity index (χ0n) is 3.92. The molecule has 0 aromatic carbocycles. The van der Waals surface area contributed by atoms with Crippen molar-refractivity contribution >= 4 is 5.97 Å². The Balaban J connectivity index is 3.05. The second-order valence-corrected chi connectivity index (χ2v) is 1.33. The number of hydrogen-bond donors (Lipinski definition) is 0. The van der Waals surface area contributed by atoms with Crippen LogP contribution >= 0.6 is 0 Å². The van der Waals surface area contributed by atoms with Crippen molar-refractivity contribution in [3.63, 3.8) is 0 Å². The summed E-state index contributed by atoms with van der Waals surface area (Å²) in [5.41, 5.74) is 0. The second-order valence-electron chi connectivity index (χ2n) is 0.827. The van der Waals surface area contributed by atoms with Crippen LogP contribution in [-0.4, -0.2) is 5.97 Å². The van der Waals surface area contributed by atoms with Crippen molar-refractivity contribution in [2.75, 3.05) is 0 Å². The largest absolute Gasteiger partial charge is 0.349 e. The average molecular weight is 142 g/mol. The molecule has 0 rings (SSSR count). The van der Waals surface area contributed by atoms with Gasteiger partial charge >= 0.3 is 16.8 Å². The lowest BCUT2D eigenvalue weighted by atomic mass is 10.9. The molecule has 0 aromatic heterocycles. The highest BCUT2D eigenvalue weighted by atomic mass is 35.6. The van der Waals surface area contributed by atoms with Crippen LogP contribution in [-0.2, 0) is 14.1 Å². The Labute approximate surface area is 48.1 Å². The molecule has 0 radical (unpaired) electrons. The first-order valence-electron chi connectivity index (χ1n) is 1.54. The number of halogens is 1. The molecule has 0 aliphatic heterocycles. The standard InChI is InChI=1S/C2H3ClO5/c1-2(4)7-8-3(5)6/h1H3. The minimum atomic E-state index is -2.48. The van der Waals surface area contributed by atoms with Crippen LogP contribution in [0.3, 0.4) is 0 Å². The summed E-state index contributed by atoms with van der Waals surface area (Å²) in [6.45, 7) is 1.01. The first kappa shape index (κ1) is 7.64. The number of carbonyl (C=O) groups excluding carboxylic acids is 1. The lowest BCUT2D eigenvalue weighted by Crippen LogP contribution is -2.34. The van der Waals surface area contributed by atoms with Crippen LogP contribution in [0.4, 0.5) is 0 Å². The fourth-order valence-corrected chi connectivity index (χ4v) is 0.210. The van der Waals surface area contributed by atoms with E-state index in [9.17, 15) is 14.1 Å². The third-order valence-corrected chi connectivity index (χ3v) is 0.366. The predicted molar refractivity (Wildman–Crippen MR) is 12.9 cm³/mol. The molecule has 0 fully saturated rings. The van der Waals surface area contributed by atoms with Crippen LogP contribution in [0.1, 0.15) is 6.92 Å². The molecule has 8 heavy (non-hydrogen) atoms. The van der Waals surface area contributed by atoms with Gasteiger partial charge in [0.1, 0.15) is 0 Å². The van der Waals surface area contributed by atoms with Gasteiger partial charge in [0.15, 0.2) is 0 Å². The quantitative estimate of drug-likeness (QED) is 0.316. The molecule has 0 aliphatic rings. The molecule has 0 saturated carbocycles. The minimum absolute atomic E-state index is 0.820. The van der Waals surface area contributed by atoms with Crippen LogP contribution in [0, 0.1) is 10.8 Å². The Hall–Kier alpha value is -0.360. The fourth-order valence-electron chi connectivity index (χ4n) is 0.0701. The van der Waals surface area contributed by atoms with E-state index in [-0.39, 0.29) is 0 Å².